The molecule has 2 heterocycles. The molecule has 26 heavy (non-hydrogen) atoms. The molecule has 0 radical (unpaired) electrons. The fraction of sp³-hybridized carbons (Fsp3) is 0.381. The molecule has 4 rings (SSSR count). The van der Waals surface area contributed by atoms with E-state index in [1.807, 2.05) is 19.2 Å². The van der Waals surface area contributed by atoms with Crippen molar-refractivity contribution in [1.29, 1.82) is 0 Å². The van der Waals surface area contributed by atoms with Crippen LogP contribution in [-0.4, -0.2) is 20.8 Å². The standard InChI is InChI=1S/C21H24N4O/c1-15-6-11-21(26)25(24-15)18-9-7-17(8-10-18)23-14-16-12-13-22-20-5-3-2-4-19(16)20/h2-6,11-13,17-18,23H,7-10,14H2,1H3. The van der Waals surface area contributed by atoms with Gasteiger partial charge >= 0.3 is 0 Å². The van der Waals surface area contributed by atoms with Crippen molar-refractivity contribution >= 4 is 10.9 Å². The third-order valence-corrected chi connectivity index (χ3v) is 5.32. The van der Waals surface area contributed by atoms with Gasteiger partial charge in [0.2, 0.25) is 0 Å². The summed E-state index contributed by atoms with van der Waals surface area (Å²) in [6.45, 7) is 2.78. The monoisotopic (exact) mass is 348 g/mol. The molecule has 1 aromatic carbocycles. The molecule has 3 aromatic rings. The second kappa shape index (κ2) is 7.38. The minimum absolute atomic E-state index is 0.00950. The largest absolute Gasteiger partial charge is 0.310 e. The molecule has 1 aliphatic rings. The van der Waals surface area contributed by atoms with Crippen LogP contribution in [0.2, 0.25) is 0 Å². The van der Waals surface area contributed by atoms with Crippen LogP contribution in [-0.2, 0) is 6.54 Å². The molecule has 5 heteroatoms. The second-order valence-electron chi connectivity index (χ2n) is 7.13. The number of hydrogen-bond acceptors (Lipinski definition) is 4. The van der Waals surface area contributed by atoms with E-state index < -0.39 is 0 Å². The van der Waals surface area contributed by atoms with E-state index in [1.165, 1.54) is 10.9 Å². The summed E-state index contributed by atoms with van der Waals surface area (Å²) in [5.74, 6) is 0. The lowest BCUT2D eigenvalue weighted by molar-refractivity contribution is 0.268. The molecule has 5 nitrogen and oxygen atoms in total. The number of fused-ring (bicyclic) bond motifs is 1. The maximum absolute atomic E-state index is 12.1. The Morgan fingerprint density at radius 3 is 2.73 bits per heavy atom. The molecule has 0 unspecified atom stereocenters. The van der Waals surface area contributed by atoms with E-state index in [1.54, 1.807) is 16.8 Å². The first-order valence-corrected chi connectivity index (χ1v) is 9.33. The first-order valence-electron chi connectivity index (χ1n) is 9.33. The van der Waals surface area contributed by atoms with Crippen LogP contribution in [0.25, 0.3) is 10.9 Å². The number of hydrogen-bond donors (Lipinski definition) is 1. The van der Waals surface area contributed by atoms with Gasteiger partial charge in [0.1, 0.15) is 0 Å². The van der Waals surface area contributed by atoms with Gasteiger partial charge in [-0.3, -0.25) is 9.78 Å². The van der Waals surface area contributed by atoms with E-state index in [9.17, 15) is 4.79 Å². The molecule has 0 saturated heterocycles. The number of nitrogens with zero attached hydrogens (tertiary/aromatic N) is 3. The minimum atomic E-state index is 0.00950. The Labute approximate surface area is 153 Å². The van der Waals surface area contributed by atoms with Gasteiger partial charge in [-0.15, -0.1) is 0 Å². The van der Waals surface area contributed by atoms with Crippen LogP contribution in [0.1, 0.15) is 43.0 Å². The summed E-state index contributed by atoms with van der Waals surface area (Å²) in [5.41, 5.74) is 3.24. The quantitative estimate of drug-likeness (QED) is 0.785. The Morgan fingerprint density at radius 2 is 1.88 bits per heavy atom. The van der Waals surface area contributed by atoms with Crippen molar-refractivity contribution < 1.29 is 0 Å². The van der Waals surface area contributed by atoms with Crippen LogP contribution < -0.4 is 10.9 Å². The zero-order valence-corrected chi connectivity index (χ0v) is 15.1. The SMILES string of the molecule is Cc1ccc(=O)n(C2CCC(NCc3ccnc4ccccc34)CC2)n1. The molecule has 1 fully saturated rings. The van der Waals surface area contributed by atoms with Crippen molar-refractivity contribution in [2.24, 2.45) is 0 Å². The lowest BCUT2D eigenvalue weighted by Crippen LogP contribution is -2.36. The summed E-state index contributed by atoms with van der Waals surface area (Å²) in [6.07, 6.45) is 5.99. The van der Waals surface area contributed by atoms with Crippen molar-refractivity contribution in [2.45, 2.75) is 51.2 Å². The van der Waals surface area contributed by atoms with Crippen molar-refractivity contribution in [1.82, 2.24) is 20.1 Å². The van der Waals surface area contributed by atoms with Crippen molar-refractivity contribution in [2.75, 3.05) is 0 Å². The average Bonchev–Trinajstić information content (AvgIpc) is 2.69. The van der Waals surface area contributed by atoms with Crippen molar-refractivity contribution in [3.63, 3.8) is 0 Å². The summed E-state index contributed by atoms with van der Waals surface area (Å²) in [7, 11) is 0. The van der Waals surface area contributed by atoms with Crippen LogP contribution in [0.4, 0.5) is 0 Å². The number of aryl methyl sites for hydroxylation is 1. The van der Waals surface area contributed by atoms with Gasteiger partial charge in [0.15, 0.2) is 0 Å². The van der Waals surface area contributed by atoms with Gasteiger partial charge in [-0.05, 0) is 56.4 Å². The minimum Gasteiger partial charge on any atom is -0.310 e. The van der Waals surface area contributed by atoms with E-state index >= 15 is 0 Å². The lowest BCUT2D eigenvalue weighted by atomic mass is 9.91. The van der Waals surface area contributed by atoms with Gasteiger partial charge in [-0.2, -0.15) is 5.10 Å². The summed E-state index contributed by atoms with van der Waals surface area (Å²) >= 11 is 0. The van der Waals surface area contributed by atoms with E-state index in [0.717, 1.165) is 43.4 Å². The molecule has 2 aromatic heterocycles. The molecule has 1 aliphatic carbocycles. The van der Waals surface area contributed by atoms with Gasteiger partial charge in [0.25, 0.3) is 5.56 Å². The predicted molar refractivity (Wildman–Crippen MR) is 103 cm³/mol. The highest BCUT2D eigenvalue weighted by atomic mass is 16.1. The third kappa shape index (κ3) is 3.53. The highest BCUT2D eigenvalue weighted by molar-refractivity contribution is 5.81. The number of para-hydroxylation sites is 1. The third-order valence-electron chi connectivity index (χ3n) is 5.32. The van der Waals surface area contributed by atoms with Crippen LogP contribution in [0.15, 0.2) is 53.5 Å². The Hall–Kier alpha value is -2.53. The van der Waals surface area contributed by atoms with Gasteiger partial charge in [-0.25, -0.2) is 4.68 Å². The number of benzene rings is 1. The molecule has 0 bridgehead atoms. The highest BCUT2D eigenvalue weighted by Gasteiger charge is 2.23. The van der Waals surface area contributed by atoms with Crippen LogP contribution >= 0.6 is 0 Å². The smallest absolute Gasteiger partial charge is 0.267 e. The van der Waals surface area contributed by atoms with Crippen molar-refractivity contribution in [3.8, 4) is 0 Å². The molecule has 0 aliphatic heterocycles. The normalized spacial score (nSPS) is 20.3. The van der Waals surface area contributed by atoms with Gasteiger partial charge in [0.05, 0.1) is 17.3 Å². The van der Waals surface area contributed by atoms with Crippen molar-refractivity contribution in [3.05, 3.63) is 70.3 Å². The van der Waals surface area contributed by atoms with Crippen LogP contribution in [0, 0.1) is 6.92 Å². The molecule has 0 spiro atoms. The van der Waals surface area contributed by atoms with Gasteiger partial charge in [0, 0.05) is 30.2 Å². The fourth-order valence-electron chi connectivity index (χ4n) is 3.87. The van der Waals surface area contributed by atoms with E-state index in [2.05, 4.69) is 39.7 Å². The summed E-state index contributed by atoms with van der Waals surface area (Å²) in [4.78, 5) is 16.5. The average molecular weight is 348 g/mol. The van der Waals surface area contributed by atoms with E-state index in [-0.39, 0.29) is 11.6 Å². The summed E-state index contributed by atoms with van der Waals surface area (Å²) in [6, 6.07) is 14.5. The zero-order chi connectivity index (χ0) is 17.9. The topological polar surface area (TPSA) is 59.8 Å². The maximum atomic E-state index is 12.1. The number of aromatic nitrogens is 3. The molecular formula is C21H24N4O. The summed E-state index contributed by atoms with van der Waals surface area (Å²) in [5, 5.41) is 9.33. The number of pyridine rings is 1. The molecular weight excluding hydrogens is 324 g/mol. The Kier molecular flexibility index (Phi) is 4.80. The van der Waals surface area contributed by atoms with Crippen LogP contribution in [0.3, 0.4) is 0 Å². The number of rotatable bonds is 4. The molecule has 0 atom stereocenters. The lowest BCUT2D eigenvalue weighted by Gasteiger charge is -2.29. The molecule has 134 valence electrons. The Bertz CT molecular complexity index is 952. The Balaban J connectivity index is 1.38. The molecule has 1 saturated carbocycles. The second-order valence-corrected chi connectivity index (χ2v) is 7.13. The van der Waals surface area contributed by atoms with Crippen LogP contribution in [0.5, 0.6) is 0 Å². The molecule has 1 N–H and O–H groups in total. The predicted octanol–water partition coefficient (Wildman–Crippen LogP) is 3.37. The van der Waals surface area contributed by atoms with E-state index in [0.29, 0.717) is 6.04 Å². The van der Waals surface area contributed by atoms with E-state index in [4.69, 9.17) is 0 Å². The summed E-state index contributed by atoms with van der Waals surface area (Å²) < 4.78 is 1.68. The Morgan fingerprint density at radius 1 is 1.08 bits per heavy atom. The fourth-order valence-corrected chi connectivity index (χ4v) is 3.87. The highest BCUT2D eigenvalue weighted by Crippen LogP contribution is 2.27. The maximum Gasteiger partial charge on any atom is 0.267 e. The zero-order valence-electron chi connectivity index (χ0n) is 15.1. The first-order chi connectivity index (χ1) is 12.7. The number of nitrogens with one attached hydrogen (secondary N) is 1. The van der Waals surface area contributed by atoms with Gasteiger partial charge in [-0.1, -0.05) is 18.2 Å². The molecule has 0 amide bonds. The first kappa shape index (κ1) is 16.9. The van der Waals surface area contributed by atoms with Gasteiger partial charge < -0.3 is 5.32 Å².